The lowest BCUT2D eigenvalue weighted by Gasteiger charge is -2.11. The van der Waals surface area contributed by atoms with Gasteiger partial charge in [-0.2, -0.15) is 0 Å². The Morgan fingerprint density at radius 3 is 2.86 bits per heavy atom. The van der Waals surface area contributed by atoms with Gasteiger partial charge in [0.05, 0.1) is 16.5 Å². The van der Waals surface area contributed by atoms with Gasteiger partial charge in [0.15, 0.2) is 0 Å². The lowest BCUT2D eigenvalue weighted by Crippen LogP contribution is -2.27. The molecule has 0 aliphatic carbocycles. The lowest BCUT2D eigenvalue weighted by atomic mass is 10.2. The number of aliphatic hydroxyl groups is 1. The Bertz CT molecular complexity index is 702. The number of thiazole rings is 1. The van der Waals surface area contributed by atoms with Crippen LogP contribution in [-0.2, 0) is 16.6 Å². The van der Waals surface area contributed by atoms with Crippen molar-refractivity contribution in [1.82, 2.24) is 9.71 Å². The average molecular weight is 330 g/mol. The van der Waals surface area contributed by atoms with Crippen LogP contribution < -0.4 is 4.72 Å². The highest BCUT2D eigenvalue weighted by Crippen LogP contribution is 2.19. The summed E-state index contributed by atoms with van der Waals surface area (Å²) in [6, 6.07) is 3.33. The second kappa shape index (κ2) is 6.61. The number of benzene rings is 1. The molecular formula is C13H15FN2O3S2. The first-order valence-electron chi connectivity index (χ1n) is 6.22. The first-order chi connectivity index (χ1) is 9.94. The summed E-state index contributed by atoms with van der Waals surface area (Å²) in [4.78, 5) is 4.06. The minimum absolute atomic E-state index is 0.0501. The van der Waals surface area contributed by atoms with Crippen LogP contribution in [-0.4, -0.2) is 25.1 Å². The number of hydrogen-bond donors (Lipinski definition) is 2. The smallest absolute Gasteiger partial charge is 0.240 e. The molecule has 0 amide bonds. The Hall–Kier alpha value is -1.35. The number of rotatable bonds is 6. The van der Waals surface area contributed by atoms with Crippen molar-refractivity contribution in [2.45, 2.75) is 24.3 Å². The molecule has 8 heteroatoms. The van der Waals surface area contributed by atoms with Crippen molar-refractivity contribution >= 4 is 21.4 Å². The van der Waals surface area contributed by atoms with E-state index in [1.807, 2.05) is 12.3 Å². The van der Waals surface area contributed by atoms with Crippen molar-refractivity contribution in [2.24, 2.45) is 0 Å². The Morgan fingerprint density at radius 1 is 1.48 bits per heavy atom. The maximum atomic E-state index is 13.3. The summed E-state index contributed by atoms with van der Waals surface area (Å²) in [7, 11) is -3.75. The van der Waals surface area contributed by atoms with Crippen LogP contribution in [0.25, 0.3) is 0 Å². The summed E-state index contributed by atoms with van der Waals surface area (Å²) in [5, 5.41) is 11.7. The van der Waals surface area contributed by atoms with E-state index in [9.17, 15) is 12.8 Å². The molecule has 0 saturated heterocycles. The molecule has 2 aromatic rings. The molecule has 0 bridgehead atoms. The van der Waals surface area contributed by atoms with Gasteiger partial charge in [0.1, 0.15) is 5.82 Å². The quantitative estimate of drug-likeness (QED) is 0.847. The number of aromatic nitrogens is 1. The zero-order valence-electron chi connectivity index (χ0n) is 11.3. The molecule has 1 aromatic heterocycles. The second-order valence-electron chi connectivity index (χ2n) is 4.53. The zero-order valence-corrected chi connectivity index (χ0v) is 12.9. The molecule has 1 aromatic carbocycles. The first-order valence-corrected chi connectivity index (χ1v) is 8.58. The topological polar surface area (TPSA) is 79.3 Å². The predicted octanol–water partition coefficient (Wildman–Crippen LogP) is 1.86. The zero-order chi connectivity index (χ0) is 15.5. The van der Waals surface area contributed by atoms with Crippen LogP contribution in [0, 0.1) is 5.82 Å². The van der Waals surface area contributed by atoms with Crippen LogP contribution in [0.1, 0.15) is 23.4 Å². The summed E-state index contributed by atoms with van der Waals surface area (Å²) in [6.07, 6.45) is 1.67. The fourth-order valence-electron chi connectivity index (χ4n) is 1.72. The maximum absolute atomic E-state index is 13.3. The van der Waals surface area contributed by atoms with Gasteiger partial charge >= 0.3 is 0 Å². The summed E-state index contributed by atoms with van der Waals surface area (Å²) in [5.74, 6) is -0.690. The SMILES string of the molecule is CC(CNS(=O)(=O)c1ccc(F)c(CO)c1)c1nccs1. The van der Waals surface area contributed by atoms with Gasteiger partial charge in [-0.15, -0.1) is 11.3 Å². The predicted molar refractivity (Wildman–Crippen MR) is 78.0 cm³/mol. The van der Waals surface area contributed by atoms with Gasteiger partial charge in [0.2, 0.25) is 10.0 Å². The van der Waals surface area contributed by atoms with Crippen molar-refractivity contribution in [3.05, 3.63) is 46.2 Å². The molecule has 0 aliphatic rings. The molecule has 0 aliphatic heterocycles. The fraction of sp³-hybridized carbons (Fsp3) is 0.308. The van der Waals surface area contributed by atoms with Gasteiger partial charge in [-0.3, -0.25) is 0 Å². The monoisotopic (exact) mass is 330 g/mol. The summed E-state index contributed by atoms with van der Waals surface area (Å²) >= 11 is 1.46. The molecule has 0 spiro atoms. The molecule has 5 nitrogen and oxygen atoms in total. The van der Waals surface area contributed by atoms with Gasteiger partial charge in [-0.1, -0.05) is 6.92 Å². The summed E-state index contributed by atoms with van der Waals surface area (Å²) in [5.41, 5.74) is -0.0501. The van der Waals surface area contributed by atoms with Crippen molar-refractivity contribution in [3.63, 3.8) is 0 Å². The molecule has 2 rings (SSSR count). The second-order valence-corrected chi connectivity index (χ2v) is 7.23. The van der Waals surface area contributed by atoms with E-state index in [1.165, 1.54) is 17.4 Å². The Balaban J connectivity index is 2.11. The highest BCUT2D eigenvalue weighted by molar-refractivity contribution is 7.89. The van der Waals surface area contributed by atoms with Crippen LogP contribution >= 0.6 is 11.3 Å². The third-order valence-corrected chi connectivity index (χ3v) is 5.38. The number of aliphatic hydroxyl groups excluding tert-OH is 1. The minimum atomic E-state index is -3.75. The fourth-order valence-corrected chi connectivity index (χ4v) is 3.60. The van der Waals surface area contributed by atoms with E-state index in [-0.39, 0.29) is 22.9 Å². The number of halogens is 1. The van der Waals surface area contributed by atoms with Crippen molar-refractivity contribution in [1.29, 1.82) is 0 Å². The van der Waals surface area contributed by atoms with E-state index in [4.69, 9.17) is 5.11 Å². The van der Waals surface area contributed by atoms with E-state index >= 15 is 0 Å². The van der Waals surface area contributed by atoms with E-state index in [1.54, 1.807) is 6.20 Å². The minimum Gasteiger partial charge on any atom is -0.392 e. The van der Waals surface area contributed by atoms with Crippen LogP contribution in [0.5, 0.6) is 0 Å². The van der Waals surface area contributed by atoms with Gasteiger partial charge in [-0.25, -0.2) is 22.5 Å². The molecule has 0 radical (unpaired) electrons. The van der Waals surface area contributed by atoms with Crippen LogP contribution in [0.4, 0.5) is 4.39 Å². The van der Waals surface area contributed by atoms with Gasteiger partial charge < -0.3 is 5.11 Å². The number of sulfonamides is 1. The summed E-state index contributed by atoms with van der Waals surface area (Å²) < 4.78 is 40.1. The van der Waals surface area contributed by atoms with E-state index in [2.05, 4.69) is 9.71 Å². The first kappa shape index (κ1) is 16.0. The highest BCUT2D eigenvalue weighted by atomic mass is 32.2. The average Bonchev–Trinajstić information content (AvgIpc) is 2.99. The van der Waals surface area contributed by atoms with E-state index < -0.39 is 22.4 Å². The van der Waals surface area contributed by atoms with Gasteiger partial charge in [0.25, 0.3) is 0 Å². The van der Waals surface area contributed by atoms with Crippen molar-refractivity contribution < 1.29 is 17.9 Å². The Morgan fingerprint density at radius 2 is 2.24 bits per heavy atom. The third kappa shape index (κ3) is 3.85. The normalized spacial score (nSPS) is 13.3. The molecule has 1 unspecified atom stereocenters. The number of nitrogens with zero attached hydrogens (tertiary/aromatic N) is 1. The summed E-state index contributed by atoms with van der Waals surface area (Å²) in [6.45, 7) is 1.51. The molecule has 2 N–H and O–H groups in total. The largest absolute Gasteiger partial charge is 0.392 e. The van der Waals surface area contributed by atoms with Crippen LogP contribution in [0.2, 0.25) is 0 Å². The molecular weight excluding hydrogens is 315 g/mol. The molecule has 114 valence electrons. The third-order valence-electron chi connectivity index (χ3n) is 2.95. The maximum Gasteiger partial charge on any atom is 0.240 e. The van der Waals surface area contributed by atoms with Crippen molar-refractivity contribution in [2.75, 3.05) is 6.54 Å². The number of nitrogens with one attached hydrogen (secondary N) is 1. The van der Waals surface area contributed by atoms with E-state index in [0.717, 1.165) is 17.1 Å². The van der Waals surface area contributed by atoms with Crippen LogP contribution in [0.3, 0.4) is 0 Å². The molecule has 0 saturated carbocycles. The molecule has 0 fully saturated rings. The molecule has 1 atom stereocenters. The standard InChI is InChI=1S/C13H15FN2O3S2/c1-9(13-15-4-5-20-13)7-16-21(18,19)11-2-3-12(14)10(6-11)8-17/h2-6,9,16-17H,7-8H2,1H3. The van der Waals surface area contributed by atoms with E-state index in [0.29, 0.717) is 0 Å². The Kier molecular flexibility index (Phi) is 5.04. The van der Waals surface area contributed by atoms with Gasteiger partial charge in [-0.05, 0) is 18.2 Å². The Labute approximate surface area is 126 Å². The van der Waals surface area contributed by atoms with Gasteiger partial charge in [0, 0.05) is 29.6 Å². The lowest BCUT2D eigenvalue weighted by molar-refractivity contribution is 0.275. The molecule has 21 heavy (non-hydrogen) atoms. The highest BCUT2D eigenvalue weighted by Gasteiger charge is 2.18. The van der Waals surface area contributed by atoms with Crippen molar-refractivity contribution in [3.8, 4) is 0 Å². The number of hydrogen-bond acceptors (Lipinski definition) is 5. The molecule has 1 heterocycles. The van der Waals surface area contributed by atoms with Crippen LogP contribution in [0.15, 0.2) is 34.7 Å².